The third-order valence-corrected chi connectivity index (χ3v) is 8.08. The summed E-state index contributed by atoms with van der Waals surface area (Å²) in [4.78, 5) is 30.3. The Morgan fingerprint density at radius 2 is 1.72 bits per heavy atom. The predicted octanol–water partition coefficient (Wildman–Crippen LogP) is 4.26. The summed E-state index contributed by atoms with van der Waals surface area (Å²) < 4.78 is 34.2. The standard InChI is InChI=1S/C28H23ClN4O5S/c29-20-11-13-21(14-12-20)39(36,37)33-18-26(38-25-10-4-3-9-24(25)33)28(35)32-23-8-2-1-7-22(23)27(34)31-17-19-6-5-15-30-16-19/h1-16,26H,17-18H2,(H,31,34)(H,32,35)/t26-/m1/s1. The lowest BCUT2D eigenvalue weighted by Gasteiger charge is -2.34. The largest absolute Gasteiger partial charge is 0.476 e. The molecule has 198 valence electrons. The van der Waals surface area contributed by atoms with Crippen LogP contribution in [0.15, 0.2) is 102 Å². The molecule has 1 aliphatic rings. The van der Waals surface area contributed by atoms with Gasteiger partial charge in [0.15, 0.2) is 6.10 Å². The summed E-state index contributed by atoms with van der Waals surface area (Å²) in [6, 6.07) is 22.5. The van der Waals surface area contributed by atoms with Crippen LogP contribution in [-0.2, 0) is 21.4 Å². The van der Waals surface area contributed by atoms with E-state index < -0.39 is 27.9 Å². The van der Waals surface area contributed by atoms with Crippen molar-refractivity contribution in [1.29, 1.82) is 0 Å². The van der Waals surface area contributed by atoms with E-state index in [2.05, 4.69) is 15.6 Å². The lowest BCUT2D eigenvalue weighted by Crippen LogP contribution is -2.49. The van der Waals surface area contributed by atoms with Gasteiger partial charge in [0.1, 0.15) is 5.75 Å². The van der Waals surface area contributed by atoms with Gasteiger partial charge in [-0.3, -0.25) is 18.9 Å². The zero-order valence-corrected chi connectivity index (χ0v) is 22.0. The fourth-order valence-electron chi connectivity index (χ4n) is 4.08. The van der Waals surface area contributed by atoms with E-state index in [9.17, 15) is 18.0 Å². The van der Waals surface area contributed by atoms with Crippen LogP contribution in [0.25, 0.3) is 0 Å². The van der Waals surface area contributed by atoms with E-state index in [0.29, 0.717) is 10.7 Å². The molecule has 0 spiro atoms. The van der Waals surface area contributed by atoms with Crippen LogP contribution in [0.2, 0.25) is 5.02 Å². The van der Waals surface area contributed by atoms with E-state index >= 15 is 0 Å². The summed E-state index contributed by atoms with van der Waals surface area (Å²) in [5.74, 6) is -0.756. The summed E-state index contributed by atoms with van der Waals surface area (Å²) in [6.45, 7) is -0.0157. The number of amides is 2. The zero-order chi connectivity index (χ0) is 27.4. The number of benzene rings is 3. The predicted molar refractivity (Wildman–Crippen MR) is 147 cm³/mol. The molecule has 11 heteroatoms. The minimum atomic E-state index is -4.04. The molecule has 3 aromatic carbocycles. The van der Waals surface area contributed by atoms with Crippen molar-refractivity contribution in [2.45, 2.75) is 17.5 Å². The third kappa shape index (κ3) is 5.71. The zero-order valence-electron chi connectivity index (χ0n) is 20.5. The van der Waals surface area contributed by atoms with Crippen LogP contribution in [0.1, 0.15) is 15.9 Å². The molecular weight excluding hydrogens is 540 g/mol. The maximum Gasteiger partial charge on any atom is 0.267 e. The highest BCUT2D eigenvalue weighted by Gasteiger charge is 2.37. The molecule has 0 unspecified atom stereocenters. The number of fused-ring (bicyclic) bond motifs is 1. The van der Waals surface area contributed by atoms with Crippen molar-refractivity contribution in [2.75, 3.05) is 16.2 Å². The number of rotatable bonds is 7. The minimum absolute atomic E-state index is 0.0263. The first kappa shape index (κ1) is 26.2. The molecule has 0 saturated heterocycles. The Morgan fingerprint density at radius 1 is 0.974 bits per heavy atom. The Morgan fingerprint density at radius 3 is 2.49 bits per heavy atom. The van der Waals surface area contributed by atoms with Crippen LogP contribution in [0, 0.1) is 0 Å². The third-order valence-electron chi connectivity index (χ3n) is 6.03. The molecule has 0 fully saturated rings. The second-order valence-electron chi connectivity index (χ2n) is 8.64. The highest BCUT2D eigenvalue weighted by atomic mass is 35.5. The van der Waals surface area contributed by atoms with E-state index in [-0.39, 0.29) is 35.0 Å². The number of carbonyl (C=O) groups is 2. The number of pyridine rings is 1. The first-order chi connectivity index (χ1) is 18.8. The van der Waals surface area contributed by atoms with E-state index in [1.165, 1.54) is 24.3 Å². The highest BCUT2D eigenvalue weighted by Crippen LogP contribution is 2.37. The second kappa shape index (κ2) is 11.1. The summed E-state index contributed by atoms with van der Waals surface area (Å²) >= 11 is 5.94. The van der Waals surface area contributed by atoms with Crippen molar-refractivity contribution in [1.82, 2.24) is 10.3 Å². The number of halogens is 1. The molecule has 0 bridgehead atoms. The van der Waals surface area contributed by atoms with Gasteiger partial charge in [-0.25, -0.2) is 8.42 Å². The fraction of sp³-hybridized carbons (Fsp3) is 0.107. The van der Waals surface area contributed by atoms with Gasteiger partial charge in [0.2, 0.25) is 0 Å². The molecule has 0 saturated carbocycles. The van der Waals surface area contributed by atoms with E-state index in [0.717, 1.165) is 9.87 Å². The monoisotopic (exact) mass is 562 g/mol. The Kier molecular flexibility index (Phi) is 7.49. The second-order valence-corrected chi connectivity index (χ2v) is 10.9. The Bertz CT molecular complexity index is 1610. The Labute approximate surface area is 230 Å². The molecule has 4 aromatic rings. The van der Waals surface area contributed by atoms with Crippen molar-refractivity contribution in [3.8, 4) is 5.75 Å². The SMILES string of the molecule is O=C(NCc1cccnc1)c1ccccc1NC(=O)[C@H]1CN(S(=O)(=O)c2ccc(Cl)cc2)c2ccccc2O1. The maximum atomic E-state index is 13.6. The molecule has 9 nitrogen and oxygen atoms in total. The van der Waals surface area contributed by atoms with Crippen molar-refractivity contribution in [3.63, 3.8) is 0 Å². The molecule has 1 aliphatic heterocycles. The van der Waals surface area contributed by atoms with Gasteiger partial charge in [0.05, 0.1) is 28.4 Å². The van der Waals surface area contributed by atoms with Gasteiger partial charge in [0.25, 0.3) is 21.8 Å². The topological polar surface area (TPSA) is 118 Å². The van der Waals surface area contributed by atoms with Gasteiger partial charge in [-0.2, -0.15) is 0 Å². The van der Waals surface area contributed by atoms with Gasteiger partial charge in [-0.15, -0.1) is 0 Å². The number of sulfonamides is 1. The summed E-state index contributed by atoms with van der Waals surface area (Å²) in [5.41, 5.74) is 1.65. The maximum absolute atomic E-state index is 13.6. The van der Waals surface area contributed by atoms with Crippen molar-refractivity contribution in [2.24, 2.45) is 0 Å². The minimum Gasteiger partial charge on any atom is -0.476 e. The number of aromatic nitrogens is 1. The lowest BCUT2D eigenvalue weighted by molar-refractivity contribution is -0.122. The summed E-state index contributed by atoms with van der Waals surface area (Å²) in [6.07, 6.45) is 2.10. The average molecular weight is 563 g/mol. The smallest absolute Gasteiger partial charge is 0.267 e. The van der Waals surface area contributed by atoms with E-state index in [4.69, 9.17) is 16.3 Å². The Balaban J connectivity index is 1.37. The van der Waals surface area contributed by atoms with Crippen LogP contribution < -0.4 is 19.7 Å². The van der Waals surface area contributed by atoms with Crippen LogP contribution in [0.5, 0.6) is 5.75 Å². The van der Waals surface area contributed by atoms with Gasteiger partial charge in [-0.1, -0.05) is 41.9 Å². The van der Waals surface area contributed by atoms with Crippen LogP contribution in [0.4, 0.5) is 11.4 Å². The first-order valence-electron chi connectivity index (χ1n) is 11.9. The number of ether oxygens (including phenoxy) is 1. The quantitative estimate of drug-likeness (QED) is 0.347. The number of nitrogens with zero attached hydrogens (tertiary/aromatic N) is 2. The molecule has 2 N–H and O–H groups in total. The van der Waals surface area contributed by atoms with E-state index in [1.807, 2.05) is 6.07 Å². The summed E-state index contributed by atoms with van der Waals surface area (Å²) in [7, 11) is -4.04. The van der Waals surface area contributed by atoms with Gasteiger partial charge >= 0.3 is 0 Å². The molecule has 2 amide bonds. The fourth-order valence-corrected chi connectivity index (χ4v) is 5.69. The van der Waals surface area contributed by atoms with E-state index in [1.54, 1.807) is 67.0 Å². The summed E-state index contributed by atoms with van der Waals surface area (Å²) in [5, 5.41) is 5.95. The average Bonchev–Trinajstić information content (AvgIpc) is 2.96. The Hall–Kier alpha value is -4.41. The van der Waals surface area contributed by atoms with Gasteiger partial charge in [-0.05, 0) is 60.2 Å². The van der Waals surface area contributed by atoms with Crippen LogP contribution >= 0.6 is 11.6 Å². The van der Waals surface area contributed by atoms with Crippen molar-refractivity contribution >= 4 is 44.8 Å². The molecule has 0 aliphatic carbocycles. The number of carbonyl (C=O) groups excluding carboxylic acids is 2. The number of hydrogen-bond acceptors (Lipinski definition) is 6. The molecular formula is C28H23ClN4O5S. The molecule has 2 heterocycles. The molecule has 39 heavy (non-hydrogen) atoms. The van der Waals surface area contributed by atoms with Crippen LogP contribution in [-0.4, -0.2) is 37.9 Å². The first-order valence-corrected chi connectivity index (χ1v) is 13.8. The van der Waals surface area contributed by atoms with Gasteiger partial charge < -0.3 is 15.4 Å². The molecule has 1 aromatic heterocycles. The molecule has 0 radical (unpaired) electrons. The molecule has 5 rings (SSSR count). The highest BCUT2D eigenvalue weighted by molar-refractivity contribution is 7.92. The van der Waals surface area contributed by atoms with Crippen molar-refractivity contribution in [3.05, 3.63) is 113 Å². The number of hydrogen-bond donors (Lipinski definition) is 2. The number of anilines is 2. The van der Waals surface area contributed by atoms with Crippen molar-refractivity contribution < 1.29 is 22.7 Å². The van der Waals surface area contributed by atoms with Gasteiger partial charge in [0, 0.05) is 24.0 Å². The van der Waals surface area contributed by atoms with Crippen LogP contribution in [0.3, 0.4) is 0 Å². The molecule has 1 atom stereocenters. The lowest BCUT2D eigenvalue weighted by atomic mass is 10.1. The number of nitrogens with one attached hydrogen (secondary N) is 2. The number of para-hydroxylation sites is 3. The normalized spacial score (nSPS) is 14.6.